The van der Waals surface area contributed by atoms with Crippen LogP contribution in [0.2, 0.25) is 0 Å². The molecular formula is C14H27NOS. The molecule has 0 atom stereocenters. The summed E-state index contributed by atoms with van der Waals surface area (Å²) in [4.78, 5) is 0. The van der Waals surface area contributed by atoms with Gasteiger partial charge in [-0.2, -0.15) is 11.8 Å². The molecule has 100 valence electrons. The first kappa shape index (κ1) is 13.7. The van der Waals surface area contributed by atoms with E-state index in [1.165, 1.54) is 56.5 Å². The number of hydrogen-bond acceptors (Lipinski definition) is 3. The second-order valence-corrected chi connectivity index (χ2v) is 7.03. The van der Waals surface area contributed by atoms with Crippen LogP contribution in [0.5, 0.6) is 0 Å². The minimum Gasteiger partial charge on any atom is -0.396 e. The first-order valence-corrected chi connectivity index (χ1v) is 8.42. The molecule has 0 amide bonds. The number of nitrogens with one attached hydrogen (secondary N) is 1. The Hall–Kier alpha value is 0.270. The summed E-state index contributed by atoms with van der Waals surface area (Å²) in [5.41, 5.74) is 0.414. The molecule has 2 rings (SSSR count). The molecule has 2 aliphatic rings. The van der Waals surface area contributed by atoms with E-state index in [1.807, 2.05) is 0 Å². The Balaban J connectivity index is 1.79. The first-order valence-electron chi connectivity index (χ1n) is 7.27. The van der Waals surface area contributed by atoms with Crippen LogP contribution in [0, 0.1) is 5.41 Å². The van der Waals surface area contributed by atoms with Crippen molar-refractivity contribution in [3.8, 4) is 0 Å². The summed E-state index contributed by atoms with van der Waals surface area (Å²) in [7, 11) is 0. The summed E-state index contributed by atoms with van der Waals surface area (Å²) < 4.78 is 0. The Bertz CT molecular complexity index is 205. The predicted octanol–water partition coefficient (Wildman–Crippen LogP) is 2.80. The molecule has 2 fully saturated rings. The van der Waals surface area contributed by atoms with Crippen molar-refractivity contribution in [3.05, 3.63) is 0 Å². The third-order valence-electron chi connectivity index (χ3n) is 4.54. The van der Waals surface area contributed by atoms with Crippen molar-refractivity contribution in [2.75, 3.05) is 24.7 Å². The fourth-order valence-corrected chi connectivity index (χ4v) is 4.42. The van der Waals surface area contributed by atoms with Crippen molar-refractivity contribution in [3.63, 3.8) is 0 Å². The lowest BCUT2D eigenvalue weighted by atomic mass is 9.72. The van der Waals surface area contributed by atoms with Gasteiger partial charge in [0.1, 0.15) is 0 Å². The van der Waals surface area contributed by atoms with Crippen molar-refractivity contribution in [2.45, 2.75) is 57.4 Å². The van der Waals surface area contributed by atoms with E-state index in [0.29, 0.717) is 12.0 Å². The standard InChI is InChI=1S/C14H27NOS/c16-9-8-14(6-2-1-3-7-14)12-15-13-4-10-17-11-5-13/h13,15-16H,1-12H2. The van der Waals surface area contributed by atoms with Crippen LogP contribution < -0.4 is 5.32 Å². The molecule has 1 saturated carbocycles. The Labute approximate surface area is 110 Å². The van der Waals surface area contributed by atoms with Gasteiger partial charge in [0.15, 0.2) is 0 Å². The second-order valence-electron chi connectivity index (χ2n) is 5.80. The summed E-state index contributed by atoms with van der Waals surface area (Å²) in [5.74, 6) is 2.65. The van der Waals surface area contributed by atoms with Gasteiger partial charge in [0.2, 0.25) is 0 Å². The zero-order valence-corrected chi connectivity index (χ0v) is 11.7. The van der Waals surface area contributed by atoms with E-state index in [1.54, 1.807) is 0 Å². The fourth-order valence-electron chi connectivity index (χ4n) is 3.32. The fraction of sp³-hybridized carbons (Fsp3) is 1.00. The van der Waals surface area contributed by atoms with E-state index < -0.39 is 0 Å². The number of rotatable bonds is 5. The van der Waals surface area contributed by atoms with Crippen LogP contribution in [-0.2, 0) is 0 Å². The molecule has 1 heterocycles. The van der Waals surface area contributed by atoms with Gasteiger partial charge in [-0.15, -0.1) is 0 Å². The normalized spacial score (nSPS) is 25.9. The van der Waals surface area contributed by atoms with Gasteiger partial charge in [0.25, 0.3) is 0 Å². The zero-order chi connectivity index (χ0) is 12.0. The average molecular weight is 257 g/mol. The van der Waals surface area contributed by atoms with Gasteiger partial charge in [0.05, 0.1) is 0 Å². The summed E-state index contributed by atoms with van der Waals surface area (Å²) in [6.45, 7) is 1.51. The molecule has 1 saturated heterocycles. The lowest BCUT2D eigenvalue weighted by Gasteiger charge is -2.39. The van der Waals surface area contributed by atoms with Gasteiger partial charge in [-0.1, -0.05) is 19.3 Å². The SMILES string of the molecule is OCCC1(CNC2CCSCC2)CCCCC1. The number of hydrogen-bond donors (Lipinski definition) is 2. The Morgan fingerprint density at radius 3 is 2.47 bits per heavy atom. The van der Waals surface area contributed by atoms with Crippen molar-refractivity contribution in [2.24, 2.45) is 5.41 Å². The van der Waals surface area contributed by atoms with E-state index in [4.69, 9.17) is 0 Å². The average Bonchev–Trinajstić information content (AvgIpc) is 2.39. The van der Waals surface area contributed by atoms with E-state index in [2.05, 4.69) is 17.1 Å². The van der Waals surface area contributed by atoms with Gasteiger partial charge in [-0.25, -0.2) is 0 Å². The quantitative estimate of drug-likeness (QED) is 0.794. The van der Waals surface area contributed by atoms with Crippen LogP contribution in [0.15, 0.2) is 0 Å². The molecule has 17 heavy (non-hydrogen) atoms. The van der Waals surface area contributed by atoms with Crippen LogP contribution in [0.4, 0.5) is 0 Å². The molecule has 0 aromatic rings. The summed E-state index contributed by atoms with van der Waals surface area (Å²) in [5, 5.41) is 13.1. The minimum absolute atomic E-state index is 0.363. The Morgan fingerprint density at radius 2 is 1.82 bits per heavy atom. The molecule has 1 aliphatic carbocycles. The third kappa shape index (κ3) is 4.15. The molecule has 1 aliphatic heterocycles. The smallest absolute Gasteiger partial charge is 0.0436 e. The topological polar surface area (TPSA) is 32.3 Å². The monoisotopic (exact) mass is 257 g/mol. The van der Waals surface area contributed by atoms with Gasteiger partial charge >= 0.3 is 0 Å². The highest BCUT2D eigenvalue weighted by atomic mass is 32.2. The highest BCUT2D eigenvalue weighted by Crippen LogP contribution is 2.38. The largest absolute Gasteiger partial charge is 0.396 e. The van der Waals surface area contributed by atoms with Gasteiger partial charge in [0, 0.05) is 19.2 Å². The first-order chi connectivity index (χ1) is 8.35. The molecule has 0 aromatic carbocycles. The van der Waals surface area contributed by atoms with Gasteiger partial charge < -0.3 is 10.4 Å². The highest BCUT2D eigenvalue weighted by Gasteiger charge is 2.31. The van der Waals surface area contributed by atoms with E-state index >= 15 is 0 Å². The third-order valence-corrected chi connectivity index (χ3v) is 5.59. The van der Waals surface area contributed by atoms with Crippen LogP contribution >= 0.6 is 11.8 Å². The maximum atomic E-state index is 9.29. The maximum Gasteiger partial charge on any atom is 0.0436 e. The summed E-state index contributed by atoms with van der Waals surface area (Å²) in [6, 6.07) is 0.744. The van der Waals surface area contributed by atoms with Crippen LogP contribution in [0.3, 0.4) is 0 Å². The number of aliphatic hydroxyl groups excluding tert-OH is 1. The predicted molar refractivity (Wildman–Crippen MR) is 75.6 cm³/mol. The lowest BCUT2D eigenvalue weighted by Crippen LogP contribution is -2.42. The van der Waals surface area contributed by atoms with E-state index in [-0.39, 0.29) is 0 Å². The van der Waals surface area contributed by atoms with Crippen LogP contribution in [0.1, 0.15) is 51.4 Å². The van der Waals surface area contributed by atoms with Crippen molar-refractivity contribution >= 4 is 11.8 Å². The molecule has 0 aromatic heterocycles. The second kappa shape index (κ2) is 7.01. The Morgan fingerprint density at radius 1 is 1.12 bits per heavy atom. The lowest BCUT2D eigenvalue weighted by molar-refractivity contribution is 0.121. The molecule has 0 unspecified atom stereocenters. The van der Waals surface area contributed by atoms with Crippen molar-refractivity contribution in [1.82, 2.24) is 5.32 Å². The molecule has 0 radical (unpaired) electrons. The highest BCUT2D eigenvalue weighted by molar-refractivity contribution is 7.99. The molecule has 2 nitrogen and oxygen atoms in total. The van der Waals surface area contributed by atoms with Crippen molar-refractivity contribution < 1.29 is 5.11 Å². The zero-order valence-electron chi connectivity index (χ0n) is 10.9. The maximum absolute atomic E-state index is 9.29. The van der Waals surface area contributed by atoms with Crippen molar-refractivity contribution in [1.29, 1.82) is 0 Å². The molecule has 3 heteroatoms. The molecule has 2 N–H and O–H groups in total. The Kier molecular flexibility index (Phi) is 5.64. The summed E-state index contributed by atoms with van der Waals surface area (Å²) in [6.07, 6.45) is 10.4. The van der Waals surface area contributed by atoms with Gasteiger partial charge in [-0.3, -0.25) is 0 Å². The van der Waals surface area contributed by atoms with E-state index in [0.717, 1.165) is 19.0 Å². The van der Waals surface area contributed by atoms with Crippen LogP contribution in [-0.4, -0.2) is 35.8 Å². The van der Waals surface area contributed by atoms with Crippen LogP contribution in [0.25, 0.3) is 0 Å². The van der Waals surface area contributed by atoms with E-state index in [9.17, 15) is 5.11 Å². The van der Waals surface area contributed by atoms with Gasteiger partial charge in [-0.05, 0) is 49.0 Å². The molecule has 0 spiro atoms. The minimum atomic E-state index is 0.363. The number of aliphatic hydroxyl groups is 1. The molecule has 0 bridgehead atoms. The number of thioether (sulfide) groups is 1. The molecular weight excluding hydrogens is 230 g/mol. The summed E-state index contributed by atoms with van der Waals surface area (Å²) >= 11 is 2.09.